The van der Waals surface area contributed by atoms with Gasteiger partial charge in [0.15, 0.2) is 0 Å². The summed E-state index contributed by atoms with van der Waals surface area (Å²) in [5.74, 6) is -0.00719. The van der Waals surface area contributed by atoms with Crippen LogP contribution in [0.2, 0.25) is 0 Å². The van der Waals surface area contributed by atoms with E-state index in [1.165, 1.54) is 6.08 Å². The van der Waals surface area contributed by atoms with Crippen molar-refractivity contribution in [2.75, 3.05) is 6.54 Å². The molecule has 104 valence electrons. The molecular weight excluding hydrogens is 268 g/mol. The topological polar surface area (TPSA) is 59.5 Å². The lowest BCUT2D eigenvalue weighted by atomic mass is 10.1. The van der Waals surface area contributed by atoms with E-state index >= 15 is 0 Å². The molecule has 21 heavy (non-hydrogen) atoms. The van der Waals surface area contributed by atoms with Gasteiger partial charge in [0.1, 0.15) is 5.75 Å². The van der Waals surface area contributed by atoms with Gasteiger partial charge in [0.2, 0.25) is 5.88 Å². The molecule has 1 aliphatic rings. The summed E-state index contributed by atoms with van der Waals surface area (Å²) in [5, 5.41) is 0. The van der Waals surface area contributed by atoms with E-state index in [-0.39, 0.29) is 23.9 Å². The minimum Gasteiger partial charge on any atom is -0.438 e. The highest BCUT2D eigenvalue weighted by Gasteiger charge is 2.37. The number of nitrogens with zero attached hydrogens (tertiary/aromatic N) is 2. The Morgan fingerprint density at radius 2 is 2.00 bits per heavy atom. The molecule has 3 rings (SSSR count). The van der Waals surface area contributed by atoms with Crippen LogP contribution in [0.3, 0.4) is 0 Å². The van der Waals surface area contributed by atoms with Crippen molar-refractivity contribution >= 4 is 11.8 Å². The molecule has 2 amide bonds. The summed E-state index contributed by atoms with van der Waals surface area (Å²) in [6, 6.07) is 10.2. The molecule has 1 aromatic heterocycles. The molecule has 2 heterocycles. The lowest BCUT2D eigenvalue weighted by Crippen LogP contribution is -2.29. The Bertz CT molecular complexity index is 726. The van der Waals surface area contributed by atoms with Crippen LogP contribution in [0, 0.1) is 0 Å². The third-order valence-corrected chi connectivity index (χ3v) is 3.12. The van der Waals surface area contributed by atoms with Crippen LogP contribution in [0.1, 0.15) is 20.7 Å². The number of imide groups is 1. The predicted octanol–water partition coefficient (Wildman–Crippen LogP) is 2.66. The van der Waals surface area contributed by atoms with Crippen molar-refractivity contribution in [3.05, 3.63) is 66.4 Å². The van der Waals surface area contributed by atoms with Crippen molar-refractivity contribution in [2.45, 2.75) is 0 Å². The second-order valence-electron chi connectivity index (χ2n) is 4.46. The number of fused-ring (bicyclic) bond motifs is 1. The highest BCUT2D eigenvalue weighted by atomic mass is 16.5. The maximum Gasteiger partial charge on any atom is 0.265 e. The highest BCUT2D eigenvalue weighted by molar-refractivity contribution is 6.22. The number of amides is 2. The number of benzene rings is 1. The molecule has 0 fully saturated rings. The van der Waals surface area contributed by atoms with E-state index in [1.807, 2.05) is 0 Å². The molecule has 0 unspecified atom stereocenters. The minimum atomic E-state index is -0.374. The maximum atomic E-state index is 12.4. The molecule has 0 aliphatic carbocycles. The first-order valence-corrected chi connectivity index (χ1v) is 6.41. The van der Waals surface area contributed by atoms with E-state index in [0.29, 0.717) is 17.2 Å². The third-order valence-electron chi connectivity index (χ3n) is 3.12. The van der Waals surface area contributed by atoms with Crippen LogP contribution in [0.15, 0.2) is 55.3 Å². The first-order chi connectivity index (χ1) is 10.2. The average Bonchev–Trinajstić information content (AvgIpc) is 2.75. The first-order valence-electron chi connectivity index (χ1n) is 6.41. The van der Waals surface area contributed by atoms with Crippen molar-refractivity contribution in [3.8, 4) is 11.6 Å². The normalized spacial score (nSPS) is 13.2. The van der Waals surface area contributed by atoms with Gasteiger partial charge < -0.3 is 4.74 Å². The van der Waals surface area contributed by atoms with Gasteiger partial charge in [-0.25, -0.2) is 4.98 Å². The van der Waals surface area contributed by atoms with Crippen molar-refractivity contribution in [1.82, 2.24) is 9.88 Å². The van der Waals surface area contributed by atoms with E-state index in [0.717, 1.165) is 4.90 Å². The Balaban J connectivity index is 2.02. The van der Waals surface area contributed by atoms with Crippen molar-refractivity contribution < 1.29 is 14.3 Å². The molecule has 0 bridgehead atoms. The number of hydrogen-bond donors (Lipinski definition) is 0. The summed E-state index contributed by atoms with van der Waals surface area (Å²) in [7, 11) is 0. The van der Waals surface area contributed by atoms with E-state index in [9.17, 15) is 9.59 Å². The van der Waals surface area contributed by atoms with Gasteiger partial charge in [0.25, 0.3) is 11.8 Å². The van der Waals surface area contributed by atoms with Crippen LogP contribution in [-0.4, -0.2) is 28.2 Å². The Kier molecular flexibility index (Phi) is 3.23. The predicted molar refractivity (Wildman–Crippen MR) is 76.3 cm³/mol. The summed E-state index contributed by atoms with van der Waals surface area (Å²) >= 11 is 0. The van der Waals surface area contributed by atoms with Crippen molar-refractivity contribution in [2.24, 2.45) is 0 Å². The number of rotatable bonds is 4. The van der Waals surface area contributed by atoms with E-state index < -0.39 is 0 Å². The van der Waals surface area contributed by atoms with Gasteiger partial charge in [-0.15, -0.1) is 6.58 Å². The Labute approximate surface area is 121 Å². The lowest BCUT2D eigenvalue weighted by Gasteiger charge is -2.10. The second kappa shape index (κ2) is 5.20. The van der Waals surface area contributed by atoms with Crippen molar-refractivity contribution in [3.63, 3.8) is 0 Å². The summed E-state index contributed by atoms with van der Waals surface area (Å²) in [4.78, 5) is 29.7. The zero-order chi connectivity index (χ0) is 14.8. The van der Waals surface area contributed by atoms with Crippen LogP contribution < -0.4 is 4.74 Å². The SMILES string of the molecule is C=CCN1C(=O)c2cccc(Oc3ccccn3)c2C1=O. The Morgan fingerprint density at radius 3 is 2.71 bits per heavy atom. The van der Waals surface area contributed by atoms with E-state index in [2.05, 4.69) is 11.6 Å². The molecule has 5 nitrogen and oxygen atoms in total. The Hall–Kier alpha value is -2.95. The van der Waals surface area contributed by atoms with Crippen LogP contribution in [0.25, 0.3) is 0 Å². The summed E-state index contributed by atoms with van der Waals surface area (Å²) in [6.07, 6.45) is 3.11. The van der Waals surface area contributed by atoms with Crippen molar-refractivity contribution in [1.29, 1.82) is 0 Å². The van der Waals surface area contributed by atoms with Gasteiger partial charge >= 0.3 is 0 Å². The molecule has 0 saturated heterocycles. The zero-order valence-corrected chi connectivity index (χ0v) is 11.2. The number of carbonyl (C=O) groups excluding carboxylic acids is 2. The fourth-order valence-corrected chi connectivity index (χ4v) is 2.20. The standard InChI is InChI=1S/C16H12N2O3/c1-2-10-18-15(19)11-6-5-7-12(14(11)16(18)20)21-13-8-3-4-9-17-13/h2-9H,1,10H2. The van der Waals surface area contributed by atoms with E-state index in [1.54, 1.807) is 42.6 Å². The third kappa shape index (κ3) is 2.18. The number of pyridine rings is 1. The molecule has 0 atom stereocenters. The van der Waals surface area contributed by atoms with Gasteiger partial charge in [-0.1, -0.05) is 18.2 Å². The van der Waals surface area contributed by atoms with Gasteiger partial charge in [-0.3, -0.25) is 14.5 Å². The number of carbonyl (C=O) groups is 2. The smallest absolute Gasteiger partial charge is 0.265 e. The van der Waals surface area contributed by atoms with Crippen LogP contribution >= 0.6 is 0 Å². The fourth-order valence-electron chi connectivity index (χ4n) is 2.20. The summed E-state index contributed by atoms with van der Waals surface area (Å²) in [6.45, 7) is 3.73. The van der Waals surface area contributed by atoms with Gasteiger partial charge in [0, 0.05) is 18.8 Å². The maximum absolute atomic E-state index is 12.4. The average molecular weight is 280 g/mol. The largest absolute Gasteiger partial charge is 0.438 e. The quantitative estimate of drug-likeness (QED) is 0.638. The van der Waals surface area contributed by atoms with Crippen LogP contribution in [0.4, 0.5) is 0 Å². The molecule has 0 N–H and O–H groups in total. The van der Waals surface area contributed by atoms with Gasteiger partial charge in [-0.2, -0.15) is 0 Å². The van der Waals surface area contributed by atoms with Gasteiger partial charge in [-0.05, 0) is 18.2 Å². The number of ether oxygens (including phenoxy) is 1. The highest BCUT2D eigenvalue weighted by Crippen LogP contribution is 2.33. The first kappa shape index (κ1) is 13.1. The monoisotopic (exact) mass is 280 g/mol. The number of aromatic nitrogens is 1. The van der Waals surface area contributed by atoms with Gasteiger partial charge in [0.05, 0.1) is 11.1 Å². The molecule has 0 spiro atoms. The lowest BCUT2D eigenvalue weighted by molar-refractivity contribution is 0.0671. The molecule has 2 aromatic rings. The zero-order valence-electron chi connectivity index (χ0n) is 11.2. The fraction of sp³-hybridized carbons (Fsp3) is 0.0625. The molecule has 1 aliphatic heterocycles. The summed E-state index contributed by atoms with van der Waals surface area (Å²) in [5.41, 5.74) is 0.616. The number of hydrogen-bond acceptors (Lipinski definition) is 4. The second-order valence-corrected chi connectivity index (χ2v) is 4.46. The molecule has 0 radical (unpaired) electrons. The molecule has 5 heteroatoms. The van der Waals surface area contributed by atoms with Crippen LogP contribution in [0.5, 0.6) is 11.6 Å². The van der Waals surface area contributed by atoms with E-state index in [4.69, 9.17) is 4.74 Å². The van der Waals surface area contributed by atoms with Crippen LogP contribution in [-0.2, 0) is 0 Å². The molecular formula is C16H12N2O3. The molecule has 0 saturated carbocycles. The summed E-state index contributed by atoms with van der Waals surface area (Å²) < 4.78 is 5.63. The molecule has 1 aromatic carbocycles. The minimum absolute atomic E-state index is 0.176. The Morgan fingerprint density at radius 1 is 1.14 bits per heavy atom.